The minimum atomic E-state index is 0.712. The van der Waals surface area contributed by atoms with Crippen LogP contribution in [0.1, 0.15) is 25.3 Å². The molecule has 0 bridgehead atoms. The highest BCUT2D eigenvalue weighted by Crippen LogP contribution is 2.23. The van der Waals surface area contributed by atoms with Crippen LogP contribution in [-0.2, 0) is 6.54 Å². The molecule has 1 aliphatic rings. The van der Waals surface area contributed by atoms with Crippen molar-refractivity contribution in [3.8, 4) is 0 Å². The van der Waals surface area contributed by atoms with E-state index in [1.54, 1.807) is 0 Å². The Bertz CT molecular complexity index is 288. The minimum Gasteiger partial charge on any atom is -0.384 e. The van der Waals surface area contributed by atoms with E-state index in [0.29, 0.717) is 5.82 Å². The van der Waals surface area contributed by atoms with Gasteiger partial charge in [0, 0.05) is 25.2 Å². The lowest BCUT2D eigenvalue weighted by atomic mass is 9.95. The molecule has 0 aliphatic carbocycles. The Labute approximate surface area is 84.5 Å². The van der Waals surface area contributed by atoms with Gasteiger partial charge in [-0.1, -0.05) is 13.3 Å². The van der Waals surface area contributed by atoms with Gasteiger partial charge in [-0.3, -0.25) is 10.00 Å². The first-order chi connectivity index (χ1) is 6.79. The van der Waals surface area contributed by atoms with E-state index in [9.17, 15) is 0 Å². The minimum absolute atomic E-state index is 0.712. The standard InChI is InChI=1S/C10H18N4/c1-2-3-8-5-14(6-8)7-9-4-12-13-10(9)11/h4,8H,2-3,5-7H2,1H3,(H3,11,12,13). The van der Waals surface area contributed by atoms with Crippen molar-refractivity contribution in [2.75, 3.05) is 18.8 Å². The van der Waals surface area contributed by atoms with Gasteiger partial charge in [0.15, 0.2) is 0 Å². The molecule has 1 aromatic heterocycles. The van der Waals surface area contributed by atoms with Crippen molar-refractivity contribution >= 4 is 5.82 Å². The highest BCUT2D eigenvalue weighted by Gasteiger charge is 2.26. The first kappa shape index (κ1) is 9.52. The molecule has 3 N–H and O–H groups in total. The van der Waals surface area contributed by atoms with E-state index in [0.717, 1.165) is 18.0 Å². The maximum atomic E-state index is 5.72. The van der Waals surface area contributed by atoms with E-state index in [4.69, 9.17) is 5.73 Å². The smallest absolute Gasteiger partial charge is 0.123 e. The number of nitrogens with two attached hydrogens (primary N) is 1. The van der Waals surface area contributed by atoms with Gasteiger partial charge in [-0.25, -0.2) is 0 Å². The van der Waals surface area contributed by atoms with Crippen molar-refractivity contribution in [1.82, 2.24) is 15.1 Å². The third-order valence-corrected chi connectivity index (χ3v) is 2.88. The maximum Gasteiger partial charge on any atom is 0.123 e. The van der Waals surface area contributed by atoms with Gasteiger partial charge in [-0.15, -0.1) is 0 Å². The van der Waals surface area contributed by atoms with Gasteiger partial charge in [0.1, 0.15) is 5.82 Å². The van der Waals surface area contributed by atoms with Crippen molar-refractivity contribution in [3.63, 3.8) is 0 Å². The third kappa shape index (κ3) is 1.90. The van der Waals surface area contributed by atoms with Gasteiger partial charge in [-0.05, 0) is 12.3 Å². The second-order valence-corrected chi connectivity index (χ2v) is 4.16. The maximum absolute atomic E-state index is 5.72. The largest absolute Gasteiger partial charge is 0.384 e. The second kappa shape index (κ2) is 4.00. The number of nitrogens with one attached hydrogen (secondary N) is 1. The monoisotopic (exact) mass is 194 g/mol. The van der Waals surface area contributed by atoms with E-state index in [2.05, 4.69) is 22.0 Å². The number of nitrogens with zero attached hydrogens (tertiary/aromatic N) is 2. The number of hydrogen-bond donors (Lipinski definition) is 2. The van der Waals surface area contributed by atoms with E-state index >= 15 is 0 Å². The van der Waals surface area contributed by atoms with Gasteiger partial charge < -0.3 is 5.73 Å². The normalized spacial score (nSPS) is 18.4. The van der Waals surface area contributed by atoms with Crippen LogP contribution >= 0.6 is 0 Å². The molecule has 0 radical (unpaired) electrons. The third-order valence-electron chi connectivity index (χ3n) is 2.88. The van der Waals surface area contributed by atoms with Crippen LogP contribution in [0.25, 0.3) is 0 Å². The molecule has 1 saturated heterocycles. The van der Waals surface area contributed by atoms with Crippen molar-refractivity contribution in [1.29, 1.82) is 0 Å². The number of aromatic nitrogens is 2. The molecule has 0 spiro atoms. The molecule has 0 atom stereocenters. The highest BCUT2D eigenvalue weighted by molar-refractivity contribution is 5.36. The van der Waals surface area contributed by atoms with Crippen LogP contribution < -0.4 is 5.73 Å². The summed E-state index contributed by atoms with van der Waals surface area (Å²) in [6.07, 6.45) is 4.48. The van der Waals surface area contributed by atoms with Crippen molar-refractivity contribution in [2.45, 2.75) is 26.3 Å². The van der Waals surface area contributed by atoms with Gasteiger partial charge in [-0.2, -0.15) is 5.10 Å². The molecular formula is C10H18N4. The molecule has 2 heterocycles. The SMILES string of the molecule is CCCC1CN(Cc2cn[nH]c2N)C1. The molecule has 4 heteroatoms. The average Bonchev–Trinajstić information content (AvgIpc) is 2.48. The molecule has 78 valence electrons. The molecule has 0 unspecified atom stereocenters. The lowest BCUT2D eigenvalue weighted by Gasteiger charge is -2.39. The highest BCUT2D eigenvalue weighted by atomic mass is 15.2. The van der Waals surface area contributed by atoms with Crippen molar-refractivity contribution < 1.29 is 0 Å². The van der Waals surface area contributed by atoms with Crippen LogP contribution in [0, 0.1) is 5.92 Å². The Balaban J connectivity index is 1.77. The first-order valence-corrected chi connectivity index (χ1v) is 5.29. The Kier molecular flexibility index (Phi) is 2.72. The fraction of sp³-hybridized carbons (Fsp3) is 0.700. The summed E-state index contributed by atoms with van der Waals surface area (Å²) in [7, 11) is 0. The Morgan fingerprint density at radius 2 is 2.43 bits per heavy atom. The van der Waals surface area contributed by atoms with E-state index in [-0.39, 0.29) is 0 Å². The number of rotatable bonds is 4. The van der Waals surface area contributed by atoms with Gasteiger partial charge in [0.2, 0.25) is 0 Å². The Morgan fingerprint density at radius 3 is 3.00 bits per heavy atom. The van der Waals surface area contributed by atoms with Crippen LogP contribution in [-0.4, -0.2) is 28.2 Å². The predicted molar refractivity (Wildman–Crippen MR) is 56.7 cm³/mol. The molecule has 1 aromatic rings. The number of likely N-dealkylation sites (tertiary alicyclic amines) is 1. The van der Waals surface area contributed by atoms with Crippen molar-refractivity contribution in [2.24, 2.45) is 5.92 Å². The molecule has 14 heavy (non-hydrogen) atoms. The first-order valence-electron chi connectivity index (χ1n) is 5.29. The van der Waals surface area contributed by atoms with Crippen LogP contribution in [0.2, 0.25) is 0 Å². The Morgan fingerprint density at radius 1 is 1.64 bits per heavy atom. The summed E-state index contributed by atoms with van der Waals surface area (Å²) in [6.45, 7) is 5.64. The van der Waals surface area contributed by atoms with Crippen LogP contribution in [0.4, 0.5) is 5.82 Å². The summed E-state index contributed by atoms with van der Waals surface area (Å²) in [5.41, 5.74) is 6.84. The number of hydrogen-bond acceptors (Lipinski definition) is 3. The van der Waals surface area contributed by atoms with Crippen LogP contribution in [0.15, 0.2) is 6.20 Å². The van der Waals surface area contributed by atoms with Crippen molar-refractivity contribution in [3.05, 3.63) is 11.8 Å². The fourth-order valence-electron chi connectivity index (χ4n) is 2.08. The lowest BCUT2D eigenvalue weighted by Crippen LogP contribution is -2.45. The zero-order chi connectivity index (χ0) is 9.97. The summed E-state index contributed by atoms with van der Waals surface area (Å²) in [5, 5.41) is 6.67. The molecule has 0 aromatic carbocycles. The molecule has 1 aliphatic heterocycles. The van der Waals surface area contributed by atoms with Crippen LogP contribution in [0.3, 0.4) is 0 Å². The number of nitrogen functional groups attached to an aromatic ring is 1. The molecule has 0 saturated carbocycles. The molecular weight excluding hydrogens is 176 g/mol. The van der Waals surface area contributed by atoms with Crippen LogP contribution in [0.5, 0.6) is 0 Å². The van der Waals surface area contributed by atoms with E-state index in [1.165, 1.54) is 25.9 Å². The zero-order valence-corrected chi connectivity index (χ0v) is 8.66. The summed E-state index contributed by atoms with van der Waals surface area (Å²) in [6, 6.07) is 0. The topological polar surface area (TPSA) is 57.9 Å². The van der Waals surface area contributed by atoms with E-state index < -0.39 is 0 Å². The number of aromatic amines is 1. The zero-order valence-electron chi connectivity index (χ0n) is 8.66. The van der Waals surface area contributed by atoms with Gasteiger partial charge in [0.25, 0.3) is 0 Å². The second-order valence-electron chi connectivity index (χ2n) is 4.16. The molecule has 2 rings (SSSR count). The number of H-pyrrole nitrogens is 1. The number of anilines is 1. The fourth-order valence-corrected chi connectivity index (χ4v) is 2.08. The van der Waals surface area contributed by atoms with Gasteiger partial charge >= 0.3 is 0 Å². The average molecular weight is 194 g/mol. The molecule has 0 amide bonds. The van der Waals surface area contributed by atoms with Gasteiger partial charge in [0.05, 0.1) is 6.20 Å². The summed E-state index contributed by atoms with van der Waals surface area (Å²) in [5.74, 6) is 1.62. The summed E-state index contributed by atoms with van der Waals surface area (Å²) >= 11 is 0. The summed E-state index contributed by atoms with van der Waals surface area (Å²) in [4.78, 5) is 2.42. The Hall–Kier alpha value is -1.03. The summed E-state index contributed by atoms with van der Waals surface area (Å²) < 4.78 is 0. The predicted octanol–water partition coefficient (Wildman–Crippen LogP) is 1.22. The lowest BCUT2D eigenvalue weighted by molar-refractivity contribution is 0.0862. The molecule has 1 fully saturated rings. The van der Waals surface area contributed by atoms with E-state index in [1.807, 2.05) is 6.20 Å². The molecule has 4 nitrogen and oxygen atoms in total. The quantitative estimate of drug-likeness (QED) is 0.757.